The van der Waals surface area contributed by atoms with Crippen molar-refractivity contribution in [1.29, 1.82) is 0 Å². The van der Waals surface area contributed by atoms with Crippen molar-refractivity contribution >= 4 is 23.9 Å². The van der Waals surface area contributed by atoms with Crippen LogP contribution >= 0.6 is 0 Å². The summed E-state index contributed by atoms with van der Waals surface area (Å²) in [5.74, 6) is -4.20. The number of rotatable bonds is 9. The molecule has 0 spiro atoms. The summed E-state index contributed by atoms with van der Waals surface area (Å²) in [6.45, 7) is 2.07. The predicted molar refractivity (Wildman–Crippen MR) is 128 cm³/mol. The van der Waals surface area contributed by atoms with Crippen LogP contribution in [-0.2, 0) is 4.74 Å². The molecule has 0 bridgehead atoms. The Bertz CT molecular complexity index is 1140. The first-order valence-corrected chi connectivity index (χ1v) is 10.9. The summed E-state index contributed by atoms with van der Waals surface area (Å²) in [5, 5.41) is 26.3. The second kappa shape index (κ2) is 13.3. The maximum Gasteiger partial charge on any atom is 0.339 e. The highest BCUT2D eigenvalue weighted by molar-refractivity contribution is 6.02. The molecule has 182 valence electrons. The molecule has 0 aliphatic carbocycles. The third kappa shape index (κ3) is 7.82. The van der Waals surface area contributed by atoms with E-state index in [1.807, 2.05) is 30.3 Å². The van der Waals surface area contributed by atoms with E-state index in [4.69, 9.17) is 14.9 Å². The number of hydrogen-bond donors (Lipinski definition) is 3. The fourth-order valence-electron chi connectivity index (χ4n) is 3.25. The van der Waals surface area contributed by atoms with Crippen LogP contribution in [0.25, 0.3) is 0 Å². The van der Waals surface area contributed by atoms with Gasteiger partial charge in [0, 0.05) is 0 Å². The van der Waals surface area contributed by atoms with Crippen LogP contribution in [0.5, 0.6) is 0 Å². The average molecular weight is 478 g/mol. The summed E-state index contributed by atoms with van der Waals surface area (Å²) in [6, 6.07) is 21.1. The van der Waals surface area contributed by atoms with Crippen LogP contribution in [0.3, 0.4) is 0 Å². The Hall–Kier alpha value is -4.46. The molecule has 8 nitrogen and oxygen atoms in total. The first-order valence-electron chi connectivity index (χ1n) is 10.9. The van der Waals surface area contributed by atoms with E-state index >= 15 is 0 Å². The Balaban J connectivity index is 0.000000303. The number of unbranched alkanes of at least 4 members (excludes halogenated alkanes) is 1. The molecule has 35 heavy (non-hydrogen) atoms. The smallest absolute Gasteiger partial charge is 0.339 e. The molecule has 0 amide bonds. The lowest BCUT2D eigenvalue weighted by molar-refractivity contribution is 0.0266. The van der Waals surface area contributed by atoms with Gasteiger partial charge in [0.05, 0.1) is 22.3 Å². The lowest BCUT2D eigenvalue weighted by Crippen LogP contribution is -2.15. The van der Waals surface area contributed by atoms with Crippen LogP contribution < -0.4 is 0 Å². The maximum atomic E-state index is 12.4. The number of carboxylic acid groups (broad SMARTS) is 3. The molecule has 0 aromatic heterocycles. The number of carbonyl (C=O) groups excluding carboxylic acids is 1. The first-order chi connectivity index (χ1) is 16.8. The Morgan fingerprint density at radius 1 is 0.657 bits per heavy atom. The predicted octanol–water partition coefficient (Wildman–Crippen LogP) is 5.56. The minimum atomic E-state index is -1.23. The van der Waals surface area contributed by atoms with Crippen LogP contribution in [0.4, 0.5) is 0 Å². The van der Waals surface area contributed by atoms with E-state index in [1.54, 1.807) is 12.1 Å². The molecule has 0 fully saturated rings. The number of ether oxygens (including phenoxy) is 1. The van der Waals surface area contributed by atoms with Crippen LogP contribution in [0.1, 0.15) is 79.3 Å². The van der Waals surface area contributed by atoms with Gasteiger partial charge in [-0.3, -0.25) is 0 Å². The van der Waals surface area contributed by atoms with E-state index in [9.17, 15) is 24.3 Å². The summed E-state index contributed by atoms with van der Waals surface area (Å²) in [6.07, 6.45) is 2.26. The van der Waals surface area contributed by atoms with Crippen molar-refractivity contribution < 1.29 is 39.2 Å². The van der Waals surface area contributed by atoms with E-state index < -0.39 is 23.9 Å². The van der Waals surface area contributed by atoms with Gasteiger partial charge >= 0.3 is 23.9 Å². The molecule has 1 unspecified atom stereocenters. The first kappa shape index (κ1) is 26.8. The number of carbonyl (C=O) groups is 4. The highest BCUT2D eigenvalue weighted by Crippen LogP contribution is 2.25. The summed E-state index contributed by atoms with van der Waals surface area (Å²) in [4.78, 5) is 44.6. The summed E-state index contributed by atoms with van der Waals surface area (Å²) >= 11 is 0. The van der Waals surface area contributed by atoms with E-state index in [2.05, 4.69) is 6.92 Å². The third-order valence-electron chi connectivity index (χ3n) is 5.01. The van der Waals surface area contributed by atoms with Crippen LogP contribution in [0.2, 0.25) is 0 Å². The van der Waals surface area contributed by atoms with Crippen LogP contribution in [0.15, 0.2) is 78.9 Å². The number of esters is 1. The Labute approximate surface area is 202 Å². The molecule has 3 rings (SSSR count). The van der Waals surface area contributed by atoms with Gasteiger partial charge in [-0.05, 0) is 42.7 Å². The molecule has 3 aromatic carbocycles. The lowest BCUT2D eigenvalue weighted by atomic mass is 10.0. The van der Waals surface area contributed by atoms with E-state index in [0.717, 1.165) is 18.4 Å². The van der Waals surface area contributed by atoms with Gasteiger partial charge in [0.1, 0.15) is 6.10 Å². The molecule has 8 heteroatoms. The van der Waals surface area contributed by atoms with Gasteiger partial charge in [0.15, 0.2) is 0 Å². The second-order valence-electron chi connectivity index (χ2n) is 7.45. The van der Waals surface area contributed by atoms with E-state index in [-0.39, 0.29) is 28.4 Å². The van der Waals surface area contributed by atoms with Crippen molar-refractivity contribution in [3.8, 4) is 0 Å². The monoisotopic (exact) mass is 478 g/mol. The molecule has 0 radical (unpaired) electrons. The molecule has 0 heterocycles. The summed E-state index contributed by atoms with van der Waals surface area (Å²) < 4.78 is 5.61. The van der Waals surface area contributed by atoms with Gasteiger partial charge in [0.2, 0.25) is 0 Å². The molecular weight excluding hydrogens is 452 g/mol. The van der Waals surface area contributed by atoms with Gasteiger partial charge in [0.25, 0.3) is 0 Å². The van der Waals surface area contributed by atoms with Crippen molar-refractivity contribution in [2.45, 2.75) is 32.3 Å². The normalized spacial score (nSPS) is 10.9. The number of aromatic carboxylic acids is 3. The summed E-state index contributed by atoms with van der Waals surface area (Å²) in [5.41, 5.74) is 0.578. The molecule has 0 saturated heterocycles. The average Bonchev–Trinajstić information content (AvgIpc) is 2.87. The standard InChI is InChI=1S/C19H20O4.C8H6O4/c1-2-3-13-17(14-9-5-4-6-10-14)23-19(22)16-12-8-7-11-15(16)18(20)21;9-7(10)5-3-1-2-4-6(5)8(11)12/h4-12,17H,2-3,13H2,1H3,(H,20,21);1-4H,(H,9,10)(H,11,12). The van der Waals surface area contributed by atoms with Gasteiger partial charge in [-0.2, -0.15) is 0 Å². The fourth-order valence-corrected chi connectivity index (χ4v) is 3.25. The largest absolute Gasteiger partial charge is 0.478 e. The lowest BCUT2D eigenvalue weighted by Gasteiger charge is -2.18. The van der Waals surface area contributed by atoms with E-state index in [0.29, 0.717) is 6.42 Å². The summed E-state index contributed by atoms with van der Waals surface area (Å²) in [7, 11) is 0. The van der Waals surface area contributed by atoms with Crippen molar-refractivity contribution in [3.05, 3.63) is 107 Å². The van der Waals surface area contributed by atoms with Gasteiger partial charge in [-0.1, -0.05) is 67.9 Å². The quantitative estimate of drug-likeness (QED) is 0.340. The number of hydrogen-bond acceptors (Lipinski definition) is 5. The molecule has 3 N–H and O–H groups in total. The molecule has 1 atom stereocenters. The fraction of sp³-hybridized carbons (Fsp3) is 0.185. The van der Waals surface area contributed by atoms with Crippen LogP contribution in [-0.4, -0.2) is 39.2 Å². The topological polar surface area (TPSA) is 138 Å². The number of benzene rings is 3. The maximum absolute atomic E-state index is 12.4. The molecule has 0 aliphatic heterocycles. The van der Waals surface area contributed by atoms with Crippen molar-refractivity contribution in [2.24, 2.45) is 0 Å². The molecular formula is C27H26O8. The van der Waals surface area contributed by atoms with Crippen LogP contribution in [0, 0.1) is 0 Å². The van der Waals surface area contributed by atoms with Gasteiger partial charge in [-0.15, -0.1) is 0 Å². The number of carboxylic acids is 3. The third-order valence-corrected chi connectivity index (χ3v) is 5.01. The second-order valence-corrected chi connectivity index (χ2v) is 7.45. The Kier molecular flexibility index (Phi) is 10.2. The SMILES string of the molecule is CCCCC(OC(=O)c1ccccc1C(=O)O)c1ccccc1.O=C(O)c1ccccc1C(=O)O. The molecule has 0 saturated carbocycles. The van der Waals surface area contributed by atoms with Crippen molar-refractivity contribution in [3.63, 3.8) is 0 Å². The molecule has 0 aliphatic rings. The van der Waals surface area contributed by atoms with Crippen molar-refractivity contribution in [2.75, 3.05) is 0 Å². The highest BCUT2D eigenvalue weighted by atomic mass is 16.5. The Morgan fingerprint density at radius 3 is 1.49 bits per heavy atom. The Morgan fingerprint density at radius 2 is 1.06 bits per heavy atom. The van der Waals surface area contributed by atoms with Gasteiger partial charge < -0.3 is 20.1 Å². The van der Waals surface area contributed by atoms with E-state index in [1.165, 1.54) is 36.4 Å². The molecule has 3 aromatic rings. The minimum Gasteiger partial charge on any atom is -0.478 e. The van der Waals surface area contributed by atoms with Gasteiger partial charge in [-0.25, -0.2) is 19.2 Å². The highest BCUT2D eigenvalue weighted by Gasteiger charge is 2.21. The zero-order chi connectivity index (χ0) is 25.8. The zero-order valence-corrected chi connectivity index (χ0v) is 19.1. The zero-order valence-electron chi connectivity index (χ0n) is 19.1. The minimum absolute atomic E-state index is 0.0418. The van der Waals surface area contributed by atoms with Crippen molar-refractivity contribution in [1.82, 2.24) is 0 Å².